The number of nitrogens with zero attached hydrogens (tertiary/aromatic N) is 1. The van der Waals surface area contributed by atoms with Crippen LogP contribution in [0.3, 0.4) is 0 Å². The molecule has 2 aliphatic rings. The summed E-state index contributed by atoms with van der Waals surface area (Å²) in [6.45, 7) is 0.979. The number of anilines is 1. The van der Waals surface area contributed by atoms with E-state index in [0.717, 1.165) is 31.4 Å². The maximum absolute atomic E-state index is 11.9. The lowest BCUT2D eigenvalue weighted by Crippen LogP contribution is -2.26. The zero-order chi connectivity index (χ0) is 15.5. The second-order valence-corrected chi connectivity index (χ2v) is 6.27. The van der Waals surface area contributed by atoms with Gasteiger partial charge in [-0.25, -0.2) is 4.79 Å². The molecule has 23 heavy (non-hydrogen) atoms. The second-order valence-electron chi connectivity index (χ2n) is 6.27. The third-order valence-electron chi connectivity index (χ3n) is 4.67. The minimum Gasteiger partial charge on any atom is -0.441 e. The highest BCUT2D eigenvalue weighted by atomic mass is 35.5. The van der Waals surface area contributed by atoms with Crippen LogP contribution in [0.15, 0.2) is 24.3 Å². The fraction of sp³-hybridized carbons (Fsp3) is 0.588. The van der Waals surface area contributed by atoms with Crippen molar-refractivity contribution in [2.75, 3.05) is 25.2 Å². The van der Waals surface area contributed by atoms with Crippen molar-refractivity contribution in [3.8, 4) is 0 Å². The van der Waals surface area contributed by atoms with Crippen LogP contribution < -0.4 is 10.6 Å². The lowest BCUT2D eigenvalue weighted by molar-refractivity contribution is 0.0718. The van der Waals surface area contributed by atoms with Gasteiger partial charge in [0.2, 0.25) is 0 Å². The quantitative estimate of drug-likeness (QED) is 0.914. The second kappa shape index (κ2) is 7.99. The van der Waals surface area contributed by atoms with Gasteiger partial charge >= 0.3 is 6.09 Å². The van der Waals surface area contributed by atoms with E-state index in [1.54, 1.807) is 12.0 Å². The molecule has 6 heteroatoms. The van der Waals surface area contributed by atoms with Crippen molar-refractivity contribution in [3.05, 3.63) is 29.8 Å². The SMILES string of the molecule is COC[C@@H]1CN(c2ccc(C3CCC(N)CC3)cc2)C(=O)O1.Cl. The predicted octanol–water partition coefficient (Wildman–Crippen LogP) is 3.06. The zero-order valence-corrected chi connectivity index (χ0v) is 14.3. The molecule has 0 radical (unpaired) electrons. The van der Waals surface area contributed by atoms with Crippen molar-refractivity contribution in [1.29, 1.82) is 0 Å². The number of carbonyl (C=O) groups is 1. The van der Waals surface area contributed by atoms with Gasteiger partial charge in [-0.2, -0.15) is 0 Å². The smallest absolute Gasteiger partial charge is 0.414 e. The van der Waals surface area contributed by atoms with Gasteiger partial charge in [0, 0.05) is 18.8 Å². The molecule has 1 aliphatic carbocycles. The van der Waals surface area contributed by atoms with E-state index < -0.39 is 0 Å². The number of amides is 1. The van der Waals surface area contributed by atoms with Crippen LogP contribution in [0.25, 0.3) is 0 Å². The van der Waals surface area contributed by atoms with E-state index in [4.69, 9.17) is 15.2 Å². The topological polar surface area (TPSA) is 64.8 Å². The third kappa shape index (κ3) is 4.16. The summed E-state index contributed by atoms with van der Waals surface area (Å²) in [5.74, 6) is 0.598. The number of rotatable bonds is 4. The minimum atomic E-state index is -0.293. The van der Waals surface area contributed by atoms with Crippen molar-refractivity contribution in [1.82, 2.24) is 0 Å². The van der Waals surface area contributed by atoms with Crippen molar-refractivity contribution >= 4 is 24.2 Å². The summed E-state index contributed by atoms with van der Waals surface area (Å²) in [7, 11) is 1.61. The van der Waals surface area contributed by atoms with E-state index in [2.05, 4.69) is 12.1 Å². The fourth-order valence-electron chi connectivity index (χ4n) is 3.38. The first-order chi connectivity index (χ1) is 10.7. The maximum atomic E-state index is 11.9. The summed E-state index contributed by atoms with van der Waals surface area (Å²) in [6, 6.07) is 8.66. The number of methoxy groups -OCH3 is 1. The molecule has 1 saturated heterocycles. The van der Waals surface area contributed by atoms with Crippen molar-refractivity contribution in [2.24, 2.45) is 5.73 Å². The van der Waals surface area contributed by atoms with Gasteiger partial charge in [0.05, 0.1) is 13.2 Å². The third-order valence-corrected chi connectivity index (χ3v) is 4.67. The summed E-state index contributed by atoms with van der Waals surface area (Å²) in [6.07, 6.45) is 4.03. The standard InChI is InChI=1S/C17H24N2O3.ClH/c1-21-11-16-10-19(17(20)22-16)15-8-4-13(5-9-15)12-2-6-14(18)7-3-12;/h4-5,8-9,12,14,16H,2-3,6-7,10-11,18H2,1H3;1H/t12?,14?,16-;/m0./s1. The molecule has 1 aromatic carbocycles. The highest BCUT2D eigenvalue weighted by Gasteiger charge is 2.32. The van der Waals surface area contributed by atoms with Gasteiger partial charge in [0.25, 0.3) is 0 Å². The first-order valence-electron chi connectivity index (χ1n) is 8.00. The Kier molecular flexibility index (Phi) is 6.27. The lowest BCUT2D eigenvalue weighted by atomic mass is 9.82. The average Bonchev–Trinajstić information content (AvgIpc) is 2.89. The van der Waals surface area contributed by atoms with E-state index in [-0.39, 0.29) is 24.6 Å². The molecule has 0 bridgehead atoms. The Labute approximate surface area is 143 Å². The molecule has 1 saturated carbocycles. The normalized spacial score (nSPS) is 27.5. The number of hydrogen-bond donors (Lipinski definition) is 1. The molecule has 5 nitrogen and oxygen atoms in total. The van der Waals surface area contributed by atoms with Crippen LogP contribution in [-0.4, -0.2) is 38.5 Å². The Bertz CT molecular complexity index is 515. The van der Waals surface area contributed by atoms with E-state index in [9.17, 15) is 4.79 Å². The van der Waals surface area contributed by atoms with Gasteiger partial charge in [-0.1, -0.05) is 12.1 Å². The van der Waals surface area contributed by atoms with Gasteiger partial charge in [0.15, 0.2) is 0 Å². The first kappa shape index (κ1) is 18.0. The Morgan fingerprint density at radius 2 is 1.87 bits per heavy atom. The maximum Gasteiger partial charge on any atom is 0.414 e. The summed E-state index contributed by atoms with van der Waals surface area (Å²) < 4.78 is 10.3. The summed E-state index contributed by atoms with van der Waals surface area (Å²) in [5.41, 5.74) is 8.20. The number of ether oxygens (including phenoxy) is 2. The van der Waals surface area contributed by atoms with Crippen molar-refractivity contribution in [3.63, 3.8) is 0 Å². The first-order valence-corrected chi connectivity index (χ1v) is 8.00. The van der Waals surface area contributed by atoms with E-state index in [1.165, 1.54) is 5.56 Å². The number of carbonyl (C=O) groups excluding carboxylic acids is 1. The van der Waals surface area contributed by atoms with Gasteiger partial charge in [0.1, 0.15) is 6.10 Å². The van der Waals surface area contributed by atoms with Crippen LogP contribution in [0.2, 0.25) is 0 Å². The van der Waals surface area contributed by atoms with Crippen LogP contribution in [-0.2, 0) is 9.47 Å². The molecule has 1 atom stereocenters. The average molecular weight is 341 g/mol. The summed E-state index contributed by atoms with van der Waals surface area (Å²) >= 11 is 0. The molecule has 128 valence electrons. The van der Waals surface area contributed by atoms with E-state index in [0.29, 0.717) is 25.1 Å². The van der Waals surface area contributed by atoms with Gasteiger partial charge in [-0.3, -0.25) is 4.90 Å². The highest BCUT2D eigenvalue weighted by Crippen LogP contribution is 2.33. The lowest BCUT2D eigenvalue weighted by Gasteiger charge is -2.26. The Morgan fingerprint density at radius 1 is 1.22 bits per heavy atom. The molecule has 1 aliphatic heterocycles. The molecule has 1 heterocycles. The monoisotopic (exact) mass is 340 g/mol. The molecule has 1 aromatic rings. The largest absolute Gasteiger partial charge is 0.441 e. The van der Waals surface area contributed by atoms with Crippen molar-refractivity contribution in [2.45, 2.75) is 43.7 Å². The van der Waals surface area contributed by atoms with E-state index >= 15 is 0 Å². The molecular formula is C17H25ClN2O3. The number of hydrogen-bond acceptors (Lipinski definition) is 4. The number of nitrogens with two attached hydrogens (primary N) is 1. The molecule has 1 amide bonds. The summed E-state index contributed by atoms with van der Waals surface area (Å²) in [5, 5.41) is 0. The van der Waals surface area contributed by atoms with Crippen LogP contribution in [0.5, 0.6) is 0 Å². The zero-order valence-electron chi connectivity index (χ0n) is 13.4. The van der Waals surface area contributed by atoms with Crippen LogP contribution >= 0.6 is 12.4 Å². The molecule has 2 N–H and O–H groups in total. The molecule has 0 unspecified atom stereocenters. The number of cyclic esters (lactones) is 1. The van der Waals surface area contributed by atoms with Gasteiger partial charge in [-0.05, 0) is 49.3 Å². The fourth-order valence-corrected chi connectivity index (χ4v) is 3.38. The molecule has 0 spiro atoms. The van der Waals surface area contributed by atoms with Crippen LogP contribution in [0.4, 0.5) is 10.5 Å². The van der Waals surface area contributed by atoms with Crippen LogP contribution in [0, 0.1) is 0 Å². The molecular weight excluding hydrogens is 316 g/mol. The van der Waals surface area contributed by atoms with Crippen LogP contribution in [0.1, 0.15) is 37.2 Å². The Balaban J connectivity index is 0.00000192. The molecule has 0 aromatic heterocycles. The van der Waals surface area contributed by atoms with Gasteiger partial charge < -0.3 is 15.2 Å². The minimum absolute atomic E-state index is 0. The van der Waals surface area contributed by atoms with Crippen molar-refractivity contribution < 1.29 is 14.3 Å². The Morgan fingerprint density at radius 3 is 2.48 bits per heavy atom. The molecule has 2 fully saturated rings. The molecule has 3 rings (SSSR count). The number of benzene rings is 1. The Hall–Kier alpha value is -1.30. The van der Waals surface area contributed by atoms with Gasteiger partial charge in [-0.15, -0.1) is 12.4 Å². The van der Waals surface area contributed by atoms with E-state index in [1.807, 2.05) is 12.1 Å². The number of halogens is 1. The highest BCUT2D eigenvalue weighted by molar-refractivity contribution is 5.89. The summed E-state index contributed by atoms with van der Waals surface area (Å²) in [4.78, 5) is 13.6. The predicted molar refractivity (Wildman–Crippen MR) is 92.4 cm³/mol.